The molecule has 0 aliphatic rings. The van der Waals surface area contributed by atoms with E-state index in [0.717, 1.165) is 16.3 Å². The Morgan fingerprint density at radius 3 is 2.70 bits per heavy atom. The van der Waals surface area contributed by atoms with Crippen molar-refractivity contribution in [1.29, 1.82) is 0 Å². The molecule has 3 rings (SSSR count). The first-order chi connectivity index (χ1) is 11.3. The first-order valence-corrected chi connectivity index (χ1v) is 7.98. The summed E-state index contributed by atoms with van der Waals surface area (Å²) in [6.07, 6.45) is 3.47. The van der Waals surface area contributed by atoms with Crippen molar-refractivity contribution in [2.75, 3.05) is 6.61 Å². The molecule has 116 valence electrons. The van der Waals surface area contributed by atoms with Crippen molar-refractivity contribution in [1.82, 2.24) is 15.3 Å². The molecule has 0 atom stereocenters. The first kappa shape index (κ1) is 15.2. The van der Waals surface area contributed by atoms with Gasteiger partial charge in [-0.15, -0.1) is 11.3 Å². The normalized spacial score (nSPS) is 10.3. The molecule has 1 amide bonds. The second-order valence-corrected chi connectivity index (χ2v) is 5.68. The van der Waals surface area contributed by atoms with Crippen LogP contribution >= 0.6 is 11.3 Å². The summed E-state index contributed by atoms with van der Waals surface area (Å²) in [4.78, 5) is 20.3. The highest BCUT2D eigenvalue weighted by Crippen LogP contribution is 2.20. The predicted octanol–water partition coefficient (Wildman–Crippen LogP) is 2.90. The van der Waals surface area contributed by atoms with Gasteiger partial charge in [0.15, 0.2) is 6.61 Å². The number of aromatic nitrogens is 2. The van der Waals surface area contributed by atoms with Crippen LogP contribution in [0.25, 0.3) is 11.3 Å². The van der Waals surface area contributed by atoms with Gasteiger partial charge in [-0.3, -0.25) is 9.78 Å². The number of thiazole rings is 1. The van der Waals surface area contributed by atoms with Crippen LogP contribution in [-0.4, -0.2) is 22.5 Å². The van der Waals surface area contributed by atoms with Crippen molar-refractivity contribution >= 4 is 17.2 Å². The van der Waals surface area contributed by atoms with E-state index in [2.05, 4.69) is 15.3 Å². The van der Waals surface area contributed by atoms with Crippen molar-refractivity contribution < 1.29 is 9.53 Å². The monoisotopic (exact) mass is 325 g/mol. The molecule has 1 N–H and O–H groups in total. The van der Waals surface area contributed by atoms with Crippen LogP contribution in [0.5, 0.6) is 5.75 Å². The number of amides is 1. The first-order valence-electron chi connectivity index (χ1n) is 7.10. The molecule has 0 aliphatic heterocycles. The lowest BCUT2D eigenvalue weighted by atomic mass is 10.2. The predicted molar refractivity (Wildman–Crippen MR) is 89.1 cm³/mol. The van der Waals surface area contributed by atoms with Crippen molar-refractivity contribution in [3.63, 3.8) is 0 Å². The van der Waals surface area contributed by atoms with E-state index < -0.39 is 0 Å². The van der Waals surface area contributed by atoms with E-state index in [1.807, 2.05) is 47.8 Å². The van der Waals surface area contributed by atoms with Gasteiger partial charge in [0.2, 0.25) is 0 Å². The highest BCUT2D eigenvalue weighted by molar-refractivity contribution is 7.09. The summed E-state index contributed by atoms with van der Waals surface area (Å²) in [6, 6.07) is 13.1. The standard InChI is InChI=1S/C17H15N3O2S/c21-16(11-22-14-4-2-1-3-5-14)19-10-17-20-15(12-23-17)13-6-8-18-9-7-13/h1-9,12H,10-11H2,(H,19,21). The molecule has 0 radical (unpaired) electrons. The van der Waals surface area contributed by atoms with Gasteiger partial charge in [0, 0.05) is 23.3 Å². The molecule has 2 aromatic heterocycles. The summed E-state index contributed by atoms with van der Waals surface area (Å²) < 4.78 is 5.39. The van der Waals surface area contributed by atoms with Gasteiger partial charge in [-0.2, -0.15) is 0 Å². The number of para-hydroxylation sites is 1. The van der Waals surface area contributed by atoms with Crippen molar-refractivity contribution in [2.24, 2.45) is 0 Å². The lowest BCUT2D eigenvalue weighted by Crippen LogP contribution is -2.28. The minimum atomic E-state index is -0.172. The molecule has 0 spiro atoms. The SMILES string of the molecule is O=C(COc1ccccc1)NCc1nc(-c2ccncc2)cs1. The molecule has 23 heavy (non-hydrogen) atoms. The van der Waals surface area contributed by atoms with Gasteiger partial charge in [0.25, 0.3) is 5.91 Å². The number of rotatable bonds is 6. The second-order valence-electron chi connectivity index (χ2n) is 4.74. The molecular weight excluding hydrogens is 310 g/mol. The molecule has 5 nitrogen and oxygen atoms in total. The Hall–Kier alpha value is -2.73. The maximum atomic E-state index is 11.8. The molecule has 0 saturated carbocycles. The van der Waals surface area contributed by atoms with Crippen LogP contribution in [-0.2, 0) is 11.3 Å². The number of ether oxygens (including phenoxy) is 1. The number of benzene rings is 1. The summed E-state index contributed by atoms with van der Waals surface area (Å²) in [5.74, 6) is 0.506. The zero-order chi connectivity index (χ0) is 15.9. The summed E-state index contributed by atoms with van der Waals surface area (Å²) in [6.45, 7) is 0.388. The Morgan fingerprint density at radius 1 is 1.13 bits per heavy atom. The van der Waals surface area contributed by atoms with Crippen LogP contribution in [0.1, 0.15) is 5.01 Å². The minimum absolute atomic E-state index is 0.00734. The average Bonchev–Trinajstić information content (AvgIpc) is 3.09. The largest absolute Gasteiger partial charge is 0.484 e. The fourth-order valence-electron chi connectivity index (χ4n) is 1.94. The number of nitrogens with zero attached hydrogens (tertiary/aromatic N) is 2. The Kier molecular flexibility index (Phi) is 4.95. The van der Waals surface area contributed by atoms with E-state index in [9.17, 15) is 4.79 Å². The van der Waals surface area contributed by atoms with Crippen LogP contribution in [0.2, 0.25) is 0 Å². The topological polar surface area (TPSA) is 64.1 Å². The Balaban J connectivity index is 1.49. The molecule has 3 aromatic rings. The molecule has 0 fully saturated rings. The van der Waals surface area contributed by atoms with Gasteiger partial charge in [0.1, 0.15) is 10.8 Å². The molecule has 0 unspecified atom stereocenters. The number of carbonyl (C=O) groups excluding carboxylic acids is 1. The third-order valence-electron chi connectivity index (χ3n) is 3.08. The number of hydrogen-bond acceptors (Lipinski definition) is 5. The van der Waals surface area contributed by atoms with Crippen molar-refractivity contribution in [3.8, 4) is 17.0 Å². The van der Waals surface area contributed by atoms with Gasteiger partial charge in [-0.25, -0.2) is 4.98 Å². The van der Waals surface area contributed by atoms with E-state index in [4.69, 9.17) is 4.74 Å². The highest BCUT2D eigenvalue weighted by atomic mass is 32.1. The fourth-order valence-corrected chi connectivity index (χ4v) is 2.68. The van der Waals surface area contributed by atoms with E-state index in [-0.39, 0.29) is 12.5 Å². The van der Waals surface area contributed by atoms with E-state index in [1.54, 1.807) is 12.4 Å². The van der Waals surface area contributed by atoms with Gasteiger partial charge in [-0.1, -0.05) is 18.2 Å². The number of hydrogen-bond donors (Lipinski definition) is 1. The van der Waals surface area contributed by atoms with Gasteiger partial charge < -0.3 is 10.1 Å². The number of carbonyl (C=O) groups is 1. The van der Waals surface area contributed by atoms with Crippen LogP contribution < -0.4 is 10.1 Å². The van der Waals surface area contributed by atoms with Crippen LogP contribution in [0.3, 0.4) is 0 Å². The van der Waals surface area contributed by atoms with Crippen molar-refractivity contribution in [3.05, 3.63) is 65.2 Å². The third kappa shape index (κ3) is 4.37. The van der Waals surface area contributed by atoms with Gasteiger partial charge in [0.05, 0.1) is 12.2 Å². The van der Waals surface area contributed by atoms with Crippen LogP contribution in [0.4, 0.5) is 0 Å². The van der Waals surface area contributed by atoms with Gasteiger partial charge in [-0.05, 0) is 24.3 Å². The van der Waals surface area contributed by atoms with Crippen molar-refractivity contribution in [2.45, 2.75) is 6.54 Å². The smallest absolute Gasteiger partial charge is 0.258 e. The summed E-state index contributed by atoms with van der Waals surface area (Å²) in [5, 5.41) is 5.63. The Bertz CT molecular complexity index is 760. The quantitative estimate of drug-likeness (QED) is 0.757. The maximum Gasteiger partial charge on any atom is 0.258 e. The third-order valence-corrected chi connectivity index (χ3v) is 3.93. The van der Waals surface area contributed by atoms with Gasteiger partial charge >= 0.3 is 0 Å². The lowest BCUT2D eigenvalue weighted by molar-refractivity contribution is -0.123. The fraction of sp³-hybridized carbons (Fsp3) is 0.118. The molecule has 0 saturated heterocycles. The van der Waals surface area contributed by atoms with Crippen LogP contribution in [0, 0.1) is 0 Å². The number of pyridine rings is 1. The highest BCUT2D eigenvalue weighted by Gasteiger charge is 2.07. The maximum absolute atomic E-state index is 11.8. The van der Waals surface area contributed by atoms with E-state index in [1.165, 1.54) is 11.3 Å². The summed E-state index contributed by atoms with van der Waals surface area (Å²) in [7, 11) is 0. The molecule has 1 aromatic carbocycles. The van der Waals surface area contributed by atoms with E-state index in [0.29, 0.717) is 12.3 Å². The summed E-state index contributed by atoms with van der Waals surface area (Å²) in [5.41, 5.74) is 1.91. The minimum Gasteiger partial charge on any atom is -0.484 e. The lowest BCUT2D eigenvalue weighted by Gasteiger charge is -2.06. The number of nitrogens with one attached hydrogen (secondary N) is 1. The second kappa shape index (κ2) is 7.51. The summed E-state index contributed by atoms with van der Waals surface area (Å²) >= 11 is 1.51. The Labute approximate surface area is 138 Å². The molecular formula is C17H15N3O2S. The molecule has 0 aliphatic carbocycles. The average molecular weight is 325 g/mol. The molecule has 6 heteroatoms. The molecule has 0 bridgehead atoms. The zero-order valence-electron chi connectivity index (χ0n) is 12.3. The zero-order valence-corrected chi connectivity index (χ0v) is 13.1. The molecule has 2 heterocycles. The van der Waals surface area contributed by atoms with Crippen LogP contribution in [0.15, 0.2) is 60.2 Å². The van der Waals surface area contributed by atoms with E-state index >= 15 is 0 Å². The Morgan fingerprint density at radius 2 is 1.91 bits per heavy atom.